The summed E-state index contributed by atoms with van der Waals surface area (Å²) in [7, 11) is 0. The van der Waals surface area contributed by atoms with Gasteiger partial charge in [-0.1, -0.05) is 243 Å². The Morgan fingerprint density at radius 2 is 0.667 bits per heavy atom. The van der Waals surface area contributed by atoms with Crippen LogP contribution in [0.4, 0.5) is 0 Å². The van der Waals surface area contributed by atoms with Crippen molar-refractivity contribution >= 4 is 162 Å². The van der Waals surface area contributed by atoms with E-state index in [4.69, 9.17) is 0 Å². The van der Waals surface area contributed by atoms with Crippen LogP contribution in [-0.2, 0) is 0 Å². The van der Waals surface area contributed by atoms with E-state index in [9.17, 15) is 0 Å². The number of hydrogen-bond donors (Lipinski definition) is 0. The smallest absolute Gasteiger partial charge is 0.0726 e. The zero-order chi connectivity index (χ0) is 64.6. The molecular weight excluding hydrogens is 1220 g/mol. The van der Waals surface area contributed by atoms with Crippen LogP contribution >= 0.6 is 11.3 Å². The van der Waals surface area contributed by atoms with Gasteiger partial charge in [0.05, 0.1) is 48.8 Å². The van der Waals surface area contributed by atoms with Gasteiger partial charge in [-0.05, 0) is 162 Å². The van der Waals surface area contributed by atoms with Crippen molar-refractivity contribution in [2.45, 2.75) is 0 Å². The van der Waals surface area contributed by atoms with Gasteiger partial charge in [-0.3, -0.25) is 0 Å². The van der Waals surface area contributed by atoms with Crippen molar-refractivity contribution in [2.75, 3.05) is 0 Å². The van der Waals surface area contributed by atoms with Gasteiger partial charge in [0.25, 0.3) is 0 Å². The molecule has 17 aromatic carbocycles. The fourth-order valence-electron chi connectivity index (χ4n) is 17.2. The van der Waals surface area contributed by atoms with E-state index in [1.807, 2.05) is 11.3 Å². The van der Waals surface area contributed by atoms with Crippen LogP contribution in [0.15, 0.2) is 340 Å². The molecule has 4 nitrogen and oxygen atoms in total. The molecule has 0 spiro atoms. The number of benzene rings is 17. The second-order valence-electron chi connectivity index (χ2n) is 26.6. The quantitative estimate of drug-likeness (QED) is 0.142. The number of thiophene rings is 1. The maximum atomic E-state index is 2.56. The van der Waals surface area contributed by atoms with E-state index in [1.54, 1.807) is 0 Å². The molecule has 99 heavy (non-hydrogen) atoms. The molecule has 22 rings (SSSR count). The van der Waals surface area contributed by atoms with Gasteiger partial charge in [0.1, 0.15) is 0 Å². The first-order chi connectivity index (χ1) is 49.1. The second kappa shape index (κ2) is 20.9. The monoisotopic (exact) mass is 1270 g/mol. The highest BCUT2D eigenvalue weighted by molar-refractivity contribution is 7.26. The Morgan fingerprint density at radius 1 is 0.192 bits per heavy atom. The summed E-state index contributed by atoms with van der Waals surface area (Å²) in [6.07, 6.45) is 0. The first-order valence-electron chi connectivity index (χ1n) is 34.1. The molecule has 0 atom stereocenters. The predicted octanol–water partition coefficient (Wildman–Crippen LogP) is 26.1. The molecule has 0 unspecified atom stereocenters. The molecule has 0 N–H and O–H groups in total. The average Bonchev–Trinajstić information content (AvgIpc) is 1.71. The van der Waals surface area contributed by atoms with Crippen molar-refractivity contribution in [2.24, 2.45) is 0 Å². The minimum Gasteiger partial charge on any atom is -0.309 e. The zero-order valence-electron chi connectivity index (χ0n) is 53.5. The van der Waals surface area contributed by atoms with E-state index in [1.165, 1.54) is 184 Å². The van der Waals surface area contributed by atoms with Gasteiger partial charge in [0.15, 0.2) is 0 Å². The van der Waals surface area contributed by atoms with E-state index in [0.29, 0.717) is 0 Å². The lowest BCUT2D eigenvalue weighted by Crippen LogP contribution is -1.98. The number of nitrogens with zero attached hydrogens (tertiary/aromatic N) is 4. The SMILES string of the molecule is c1ccc(-c2cccc(-n3c4ccccc4c4cccc(-c5cccc6c7ccccc7n(-c7ccc8c9ccc(-c%10cc%11c%12cc%13c%14ccccc%14n(-c%14ccccc%14)c%13cc%12sc%11c%11c%10c%10ccccc%10n%11-c%10ccc%11ccccc%11c%10)cc9c9ccccc9c8c7)c56)c43)c2)cc1. The van der Waals surface area contributed by atoms with Crippen molar-refractivity contribution in [3.63, 3.8) is 0 Å². The van der Waals surface area contributed by atoms with Crippen LogP contribution in [0.3, 0.4) is 0 Å². The molecule has 0 aliphatic carbocycles. The molecule has 0 aliphatic heterocycles. The van der Waals surface area contributed by atoms with Crippen LogP contribution in [-0.4, -0.2) is 18.3 Å². The lowest BCUT2D eigenvalue weighted by molar-refractivity contribution is 1.18. The summed E-state index contributed by atoms with van der Waals surface area (Å²) < 4.78 is 12.6. The molecule has 0 saturated heterocycles. The molecular formula is C94H56N4S. The Hall–Kier alpha value is -12.8. The molecule has 5 aromatic heterocycles. The molecule has 0 bridgehead atoms. The standard InChI is InChI=1S/C94H56N4S/c1-3-22-57(23-4-1)60-26-19-29-63(50-60)96-85-41-16-11-32-70(85)73-36-20-38-75(91(73)96)76-39-21-37-74-71-33-12-17-42-86(71)97(92(74)76)65-47-49-69-68-48-45-61(52-79(68)66-30-9-10-31-67(66)80(69)53-65)78-54-83-82-55-81-72-34-13-15-40-84(72)95(62-27-5-2-6-28-62)88(81)56-89(82)99-94(83)93-90(78)77-35-14-18-43-87(77)98(93)64-46-44-58-24-7-8-25-59(58)51-64/h1-56H. The van der Waals surface area contributed by atoms with Gasteiger partial charge in [0, 0.05) is 92.4 Å². The summed E-state index contributed by atoms with van der Waals surface area (Å²) in [6, 6.07) is 127. The topological polar surface area (TPSA) is 19.7 Å². The highest BCUT2D eigenvalue weighted by Crippen LogP contribution is 2.51. The Labute approximate surface area is 572 Å². The third-order valence-corrected chi connectivity index (χ3v) is 22.6. The van der Waals surface area contributed by atoms with Crippen LogP contribution in [0.1, 0.15) is 0 Å². The van der Waals surface area contributed by atoms with Gasteiger partial charge in [-0.2, -0.15) is 0 Å². The van der Waals surface area contributed by atoms with Crippen molar-refractivity contribution in [3.05, 3.63) is 340 Å². The fraction of sp³-hybridized carbons (Fsp3) is 0. The van der Waals surface area contributed by atoms with E-state index >= 15 is 0 Å². The van der Waals surface area contributed by atoms with Gasteiger partial charge in [-0.15, -0.1) is 11.3 Å². The Morgan fingerprint density at radius 3 is 1.35 bits per heavy atom. The molecule has 0 amide bonds. The third kappa shape index (κ3) is 7.84. The van der Waals surface area contributed by atoms with Gasteiger partial charge >= 0.3 is 0 Å². The summed E-state index contributed by atoms with van der Waals surface area (Å²) >= 11 is 1.92. The molecule has 458 valence electrons. The minimum atomic E-state index is 1.12. The maximum absolute atomic E-state index is 2.56. The summed E-state index contributed by atoms with van der Waals surface area (Å²) in [4.78, 5) is 0. The van der Waals surface area contributed by atoms with Crippen LogP contribution in [0.2, 0.25) is 0 Å². The van der Waals surface area contributed by atoms with Gasteiger partial charge in [0.2, 0.25) is 0 Å². The normalized spacial score (nSPS) is 12.2. The zero-order valence-corrected chi connectivity index (χ0v) is 54.3. The molecule has 0 saturated carbocycles. The summed E-state index contributed by atoms with van der Waals surface area (Å²) in [6.45, 7) is 0. The average molecular weight is 1270 g/mol. The Bertz CT molecular complexity index is 7200. The molecule has 5 heteroatoms. The summed E-state index contributed by atoms with van der Waals surface area (Å²) in [5.41, 5.74) is 21.3. The van der Waals surface area contributed by atoms with Crippen LogP contribution < -0.4 is 0 Å². The van der Waals surface area contributed by atoms with Crippen molar-refractivity contribution in [1.29, 1.82) is 0 Å². The minimum absolute atomic E-state index is 1.12. The number of fused-ring (bicyclic) bond motifs is 23. The number of hydrogen-bond acceptors (Lipinski definition) is 1. The second-order valence-corrected chi connectivity index (χ2v) is 27.7. The Kier molecular flexibility index (Phi) is 11.5. The van der Waals surface area contributed by atoms with Gasteiger partial charge < -0.3 is 18.3 Å². The molecule has 0 fully saturated rings. The van der Waals surface area contributed by atoms with E-state index < -0.39 is 0 Å². The van der Waals surface area contributed by atoms with Crippen molar-refractivity contribution < 1.29 is 0 Å². The fourth-order valence-corrected chi connectivity index (χ4v) is 18.5. The van der Waals surface area contributed by atoms with Crippen molar-refractivity contribution in [3.8, 4) is 56.1 Å². The highest BCUT2D eigenvalue weighted by atomic mass is 32.1. The molecule has 0 radical (unpaired) electrons. The van der Waals surface area contributed by atoms with Crippen molar-refractivity contribution in [1.82, 2.24) is 18.3 Å². The largest absolute Gasteiger partial charge is 0.309 e. The Balaban J connectivity index is 0.772. The number of para-hydroxylation sites is 7. The lowest BCUT2D eigenvalue weighted by atomic mass is 9.90. The molecule has 0 aliphatic rings. The number of aromatic nitrogens is 4. The highest BCUT2D eigenvalue weighted by Gasteiger charge is 2.27. The van der Waals surface area contributed by atoms with E-state index in [0.717, 1.165) is 22.7 Å². The van der Waals surface area contributed by atoms with E-state index in [2.05, 4.69) is 358 Å². The first-order valence-corrected chi connectivity index (χ1v) is 34.9. The lowest BCUT2D eigenvalue weighted by Gasteiger charge is -2.17. The van der Waals surface area contributed by atoms with Gasteiger partial charge in [-0.25, -0.2) is 0 Å². The van der Waals surface area contributed by atoms with Crippen LogP contribution in [0.5, 0.6) is 0 Å². The summed E-state index contributed by atoms with van der Waals surface area (Å²) in [5.74, 6) is 0. The van der Waals surface area contributed by atoms with Crippen LogP contribution in [0.25, 0.3) is 207 Å². The summed E-state index contributed by atoms with van der Waals surface area (Å²) in [5, 5.41) is 22.2. The maximum Gasteiger partial charge on any atom is 0.0726 e. The van der Waals surface area contributed by atoms with Crippen LogP contribution in [0, 0.1) is 0 Å². The van der Waals surface area contributed by atoms with E-state index in [-0.39, 0.29) is 0 Å². The predicted molar refractivity (Wildman–Crippen MR) is 423 cm³/mol. The third-order valence-electron chi connectivity index (χ3n) is 21.5. The number of rotatable bonds is 7. The first kappa shape index (κ1) is 54.4. The molecule has 22 aromatic rings. The molecule has 5 heterocycles.